The van der Waals surface area contributed by atoms with Gasteiger partial charge in [-0.2, -0.15) is 0 Å². The Balaban J connectivity index is 1.99. The maximum Gasteiger partial charge on any atom is 0.247 e. The normalized spacial score (nSPS) is 11.8. The second-order valence-corrected chi connectivity index (χ2v) is 7.04. The summed E-state index contributed by atoms with van der Waals surface area (Å²) in [6, 6.07) is 10.8. The fourth-order valence-corrected chi connectivity index (χ4v) is 3.18. The molecule has 1 aromatic heterocycles. The molecule has 1 atom stereocenters. The molecule has 1 heterocycles. The highest BCUT2D eigenvalue weighted by molar-refractivity contribution is 7.10. The number of nitrogens with one attached hydrogen (secondary N) is 2. The summed E-state index contributed by atoms with van der Waals surface area (Å²) in [6.07, 6.45) is 1.01. The Kier molecular flexibility index (Phi) is 8.31. The van der Waals surface area contributed by atoms with Crippen molar-refractivity contribution in [1.82, 2.24) is 10.6 Å². The van der Waals surface area contributed by atoms with Crippen LogP contribution in [-0.4, -0.2) is 31.6 Å². The summed E-state index contributed by atoms with van der Waals surface area (Å²) in [7, 11) is 0. The third-order valence-electron chi connectivity index (χ3n) is 3.86. The largest absolute Gasteiger partial charge is 0.382 e. The van der Waals surface area contributed by atoms with Crippen LogP contribution in [0.25, 0.3) is 0 Å². The molecule has 2 amide bonds. The van der Waals surface area contributed by atoms with E-state index in [0.717, 1.165) is 22.4 Å². The number of carbonyl (C=O) groups is 2. The number of hydrogen-bond donors (Lipinski definition) is 2. The number of amides is 2. The molecule has 0 aliphatic heterocycles. The standard InChI is InChI=1S/C20H26N2O3S/c1-3-25-12-5-11-21-20(24)19(16-9-7-15(2)8-10-16)22-18(23)14-17-6-4-13-26-17/h4,6-10,13,19H,3,5,11-12,14H2,1-2H3,(H,21,24)(H,22,23)/t19-/m0/s1. The molecule has 0 spiro atoms. The molecule has 0 saturated heterocycles. The monoisotopic (exact) mass is 374 g/mol. The Morgan fingerprint density at radius 1 is 1.19 bits per heavy atom. The van der Waals surface area contributed by atoms with E-state index < -0.39 is 6.04 Å². The zero-order valence-electron chi connectivity index (χ0n) is 15.3. The first-order valence-corrected chi connectivity index (χ1v) is 9.72. The van der Waals surface area contributed by atoms with Crippen LogP contribution < -0.4 is 10.6 Å². The van der Waals surface area contributed by atoms with E-state index in [4.69, 9.17) is 4.74 Å². The molecule has 0 aliphatic carbocycles. The Morgan fingerprint density at radius 2 is 1.96 bits per heavy atom. The van der Waals surface area contributed by atoms with Crippen molar-refractivity contribution >= 4 is 23.2 Å². The lowest BCUT2D eigenvalue weighted by atomic mass is 10.0. The molecule has 0 aliphatic rings. The van der Waals surface area contributed by atoms with Crippen molar-refractivity contribution in [2.75, 3.05) is 19.8 Å². The van der Waals surface area contributed by atoms with Crippen LogP contribution in [-0.2, 0) is 20.7 Å². The lowest BCUT2D eigenvalue weighted by Gasteiger charge is -2.19. The van der Waals surface area contributed by atoms with Gasteiger partial charge in [0.05, 0.1) is 6.42 Å². The highest BCUT2D eigenvalue weighted by atomic mass is 32.1. The van der Waals surface area contributed by atoms with Gasteiger partial charge in [-0.05, 0) is 37.3 Å². The minimum absolute atomic E-state index is 0.164. The van der Waals surface area contributed by atoms with E-state index in [1.807, 2.05) is 55.6 Å². The van der Waals surface area contributed by atoms with Gasteiger partial charge >= 0.3 is 0 Å². The first-order chi connectivity index (χ1) is 12.6. The molecule has 2 aromatic rings. The van der Waals surface area contributed by atoms with Gasteiger partial charge in [0.15, 0.2) is 0 Å². The quantitative estimate of drug-likeness (QED) is 0.628. The molecular weight excluding hydrogens is 348 g/mol. The fraction of sp³-hybridized carbons (Fsp3) is 0.400. The van der Waals surface area contributed by atoms with Gasteiger partial charge in [-0.1, -0.05) is 35.9 Å². The van der Waals surface area contributed by atoms with E-state index >= 15 is 0 Å². The number of aryl methyl sites for hydroxylation is 1. The summed E-state index contributed by atoms with van der Waals surface area (Å²) >= 11 is 1.53. The van der Waals surface area contributed by atoms with Gasteiger partial charge in [0.2, 0.25) is 11.8 Å². The lowest BCUT2D eigenvalue weighted by molar-refractivity contribution is -0.128. The fourth-order valence-electron chi connectivity index (χ4n) is 2.47. The number of ether oxygens (including phenoxy) is 1. The SMILES string of the molecule is CCOCCCNC(=O)[C@@H](NC(=O)Cc1cccs1)c1ccc(C)cc1. The van der Waals surface area contributed by atoms with Gasteiger partial charge in [0.1, 0.15) is 6.04 Å². The van der Waals surface area contributed by atoms with Crippen molar-refractivity contribution in [3.8, 4) is 0 Å². The molecule has 26 heavy (non-hydrogen) atoms. The third-order valence-corrected chi connectivity index (χ3v) is 4.74. The van der Waals surface area contributed by atoms with Crippen LogP contribution >= 0.6 is 11.3 Å². The maximum atomic E-state index is 12.6. The van der Waals surface area contributed by atoms with E-state index in [0.29, 0.717) is 19.8 Å². The molecule has 0 fully saturated rings. The summed E-state index contributed by atoms with van der Waals surface area (Å²) in [5.74, 6) is -0.368. The minimum atomic E-state index is -0.699. The number of benzene rings is 1. The Hall–Kier alpha value is -2.18. The molecule has 2 N–H and O–H groups in total. The van der Waals surface area contributed by atoms with Crippen LogP contribution in [0.15, 0.2) is 41.8 Å². The Labute approximate surface area is 158 Å². The van der Waals surface area contributed by atoms with E-state index in [9.17, 15) is 9.59 Å². The van der Waals surface area contributed by atoms with Crippen LogP contribution in [0.4, 0.5) is 0 Å². The highest BCUT2D eigenvalue weighted by Crippen LogP contribution is 2.16. The Bertz CT molecular complexity index is 684. The summed E-state index contributed by atoms with van der Waals surface area (Å²) in [6.45, 7) is 5.72. The number of thiophene rings is 1. The van der Waals surface area contributed by atoms with Crippen molar-refractivity contribution in [3.63, 3.8) is 0 Å². The molecule has 0 radical (unpaired) electrons. The predicted molar refractivity (Wildman–Crippen MR) is 104 cm³/mol. The zero-order valence-corrected chi connectivity index (χ0v) is 16.1. The topological polar surface area (TPSA) is 67.4 Å². The minimum Gasteiger partial charge on any atom is -0.382 e. The second-order valence-electron chi connectivity index (χ2n) is 6.01. The second kappa shape index (κ2) is 10.7. The lowest BCUT2D eigenvalue weighted by Crippen LogP contribution is -2.41. The maximum absolute atomic E-state index is 12.6. The average Bonchev–Trinajstić information content (AvgIpc) is 3.13. The molecule has 0 unspecified atom stereocenters. The van der Waals surface area contributed by atoms with Crippen LogP contribution in [0.1, 0.15) is 35.4 Å². The third kappa shape index (κ3) is 6.61. The van der Waals surface area contributed by atoms with E-state index in [2.05, 4.69) is 10.6 Å². The predicted octanol–water partition coefficient (Wildman–Crippen LogP) is 3.00. The Morgan fingerprint density at radius 3 is 2.62 bits per heavy atom. The molecule has 140 valence electrons. The zero-order chi connectivity index (χ0) is 18.8. The van der Waals surface area contributed by atoms with Gasteiger partial charge in [-0.3, -0.25) is 9.59 Å². The van der Waals surface area contributed by atoms with Gasteiger partial charge in [0.25, 0.3) is 0 Å². The van der Waals surface area contributed by atoms with Crippen LogP contribution in [0.5, 0.6) is 0 Å². The average molecular weight is 375 g/mol. The molecule has 1 aromatic carbocycles. The number of rotatable bonds is 10. The summed E-state index contributed by atoms with van der Waals surface area (Å²) in [5, 5.41) is 7.69. The molecule has 6 heteroatoms. The highest BCUT2D eigenvalue weighted by Gasteiger charge is 2.22. The van der Waals surface area contributed by atoms with E-state index in [-0.39, 0.29) is 18.2 Å². The van der Waals surface area contributed by atoms with Crippen LogP contribution in [0, 0.1) is 6.92 Å². The van der Waals surface area contributed by atoms with E-state index in [1.54, 1.807) is 0 Å². The van der Waals surface area contributed by atoms with Gasteiger partial charge < -0.3 is 15.4 Å². The van der Waals surface area contributed by atoms with Gasteiger partial charge in [-0.15, -0.1) is 11.3 Å². The summed E-state index contributed by atoms with van der Waals surface area (Å²) in [5.41, 5.74) is 1.88. The molecule has 0 saturated carbocycles. The number of hydrogen-bond acceptors (Lipinski definition) is 4. The molecular formula is C20H26N2O3S. The molecule has 5 nitrogen and oxygen atoms in total. The first-order valence-electron chi connectivity index (χ1n) is 8.84. The van der Waals surface area contributed by atoms with Gasteiger partial charge in [-0.25, -0.2) is 0 Å². The summed E-state index contributed by atoms with van der Waals surface area (Å²) in [4.78, 5) is 26.0. The first kappa shape index (κ1) is 20.1. The van der Waals surface area contributed by atoms with Crippen molar-refractivity contribution in [3.05, 3.63) is 57.8 Å². The van der Waals surface area contributed by atoms with Crippen molar-refractivity contribution in [2.45, 2.75) is 32.7 Å². The van der Waals surface area contributed by atoms with Crippen LogP contribution in [0.2, 0.25) is 0 Å². The number of carbonyl (C=O) groups excluding carboxylic acids is 2. The van der Waals surface area contributed by atoms with Crippen molar-refractivity contribution < 1.29 is 14.3 Å². The molecule has 2 rings (SSSR count). The van der Waals surface area contributed by atoms with Crippen molar-refractivity contribution in [1.29, 1.82) is 0 Å². The van der Waals surface area contributed by atoms with Crippen LogP contribution in [0.3, 0.4) is 0 Å². The smallest absolute Gasteiger partial charge is 0.247 e. The van der Waals surface area contributed by atoms with Gasteiger partial charge in [0, 0.05) is 24.6 Å². The van der Waals surface area contributed by atoms with Crippen molar-refractivity contribution in [2.24, 2.45) is 0 Å². The molecule has 0 bridgehead atoms. The summed E-state index contributed by atoms with van der Waals surface area (Å²) < 4.78 is 5.28. The van der Waals surface area contributed by atoms with E-state index in [1.165, 1.54) is 11.3 Å².